The molecule has 4 aliphatic rings. The summed E-state index contributed by atoms with van der Waals surface area (Å²) in [5.41, 5.74) is 22.8. The molecule has 4 nitrogen and oxygen atoms in total. The third-order valence-corrected chi connectivity index (χ3v) is 21.5. The average Bonchev–Trinajstić information content (AvgIpc) is 1.77. The van der Waals surface area contributed by atoms with Gasteiger partial charge in [-0.2, -0.15) is 0 Å². The Balaban J connectivity index is 1.14. The molecule has 464 valence electrons. The van der Waals surface area contributed by atoms with E-state index in [1.165, 1.54) is 217 Å². The Morgan fingerprint density at radius 1 is 0.264 bits per heavy atom. The lowest BCUT2D eigenvalue weighted by atomic mass is 9.69. The highest BCUT2D eigenvalue weighted by Crippen LogP contribution is 2.60. The van der Waals surface area contributed by atoms with E-state index in [1.807, 2.05) is 12.1 Å². The molecule has 1 heterocycles. The van der Waals surface area contributed by atoms with Crippen LogP contribution in [0.3, 0.4) is 0 Å². The molecule has 87 heavy (non-hydrogen) atoms. The summed E-state index contributed by atoms with van der Waals surface area (Å²) in [5, 5.41) is 0. The molecule has 0 N–H and O–H groups in total. The van der Waals surface area contributed by atoms with Crippen LogP contribution in [0, 0.1) is 0 Å². The van der Waals surface area contributed by atoms with Crippen molar-refractivity contribution < 1.29 is 19.1 Å². The maximum atomic E-state index is 14.2. The lowest BCUT2D eigenvalue weighted by Gasteiger charge is -2.34. The molecule has 0 aromatic heterocycles. The molecule has 10 rings (SSSR count). The van der Waals surface area contributed by atoms with Crippen molar-refractivity contribution in [2.45, 2.75) is 276 Å². The number of carbonyl (C=O) groups excluding carboxylic acids is 2. The van der Waals surface area contributed by atoms with Crippen molar-refractivity contribution in [3.05, 3.63) is 154 Å². The van der Waals surface area contributed by atoms with Crippen LogP contribution in [0.2, 0.25) is 0 Å². The van der Waals surface area contributed by atoms with Crippen LogP contribution in [-0.4, -0.2) is 25.2 Å². The summed E-state index contributed by atoms with van der Waals surface area (Å²) in [4.78, 5) is 28.4. The minimum absolute atomic E-state index is 0.113. The summed E-state index contributed by atoms with van der Waals surface area (Å²) in [6.07, 6.45) is 39.2. The van der Waals surface area contributed by atoms with Gasteiger partial charge in [-0.15, -0.1) is 0 Å². The number of esters is 2. The van der Waals surface area contributed by atoms with Crippen molar-refractivity contribution in [3.8, 4) is 55.6 Å². The number of carbonyl (C=O) groups is 2. The lowest BCUT2D eigenvalue weighted by Crippen LogP contribution is -2.26. The van der Waals surface area contributed by atoms with Crippen LogP contribution in [0.15, 0.2) is 109 Å². The first kappa shape index (κ1) is 64.3. The van der Waals surface area contributed by atoms with Gasteiger partial charge in [0.2, 0.25) is 0 Å². The van der Waals surface area contributed by atoms with Crippen LogP contribution in [0.1, 0.15) is 314 Å². The molecule has 0 spiro atoms. The second kappa shape index (κ2) is 30.6. The Morgan fingerprint density at radius 3 is 0.690 bits per heavy atom. The zero-order valence-corrected chi connectivity index (χ0v) is 55.0. The molecule has 1 aliphatic heterocycles. The van der Waals surface area contributed by atoms with Gasteiger partial charge in [0.1, 0.15) is 0 Å². The molecule has 6 aromatic rings. The summed E-state index contributed by atoms with van der Waals surface area (Å²) in [5.74, 6) is -0.458. The van der Waals surface area contributed by atoms with Crippen LogP contribution >= 0.6 is 0 Å². The van der Waals surface area contributed by atoms with Crippen LogP contribution in [-0.2, 0) is 25.7 Å². The van der Waals surface area contributed by atoms with E-state index in [0.717, 1.165) is 89.9 Å². The second-order valence-corrected chi connectivity index (χ2v) is 27.4. The van der Waals surface area contributed by atoms with Crippen molar-refractivity contribution in [2.24, 2.45) is 0 Å². The normalized spacial score (nSPS) is 15.9. The molecule has 4 heteroatoms. The summed E-state index contributed by atoms with van der Waals surface area (Å²) in [6.45, 7) is 14.7. The second-order valence-electron chi connectivity index (χ2n) is 27.4. The van der Waals surface area contributed by atoms with E-state index in [1.54, 1.807) is 0 Å². The Morgan fingerprint density at radius 2 is 0.471 bits per heavy atom. The number of rotatable bonds is 30. The molecular weight excluding hydrogens is 1060 g/mol. The third-order valence-electron chi connectivity index (χ3n) is 21.5. The van der Waals surface area contributed by atoms with Gasteiger partial charge in [0, 0.05) is 16.2 Å². The van der Waals surface area contributed by atoms with Gasteiger partial charge in [-0.05, 0) is 202 Å². The molecule has 0 radical (unpaired) electrons. The van der Waals surface area contributed by atoms with Gasteiger partial charge in [-0.1, -0.05) is 256 Å². The van der Waals surface area contributed by atoms with E-state index in [-0.39, 0.29) is 28.2 Å². The molecule has 12 bridgehead atoms. The number of benzene rings is 6. The highest BCUT2D eigenvalue weighted by Gasteiger charge is 2.46. The molecule has 0 atom stereocenters. The molecule has 0 saturated carbocycles. The lowest BCUT2D eigenvalue weighted by molar-refractivity contribution is 0.0473. The quantitative estimate of drug-likeness (QED) is 0.0333. The van der Waals surface area contributed by atoms with Crippen LogP contribution in [0.4, 0.5) is 0 Å². The fraction of sp³-hybridized carbons (Fsp3) is 0.542. The molecule has 0 unspecified atom stereocenters. The summed E-state index contributed by atoms with van der Waals surface area (Å²) in [7, 11) is 0. The zero-order chi connectivity index (χ0) is 60.6. The number of unbranched alkanes of at least 4 members (excludes halogenated alkanes) is 18. The molecule has 0 saturated heterocycles. The van der Waals surface area contributed by atoms with Gasteiger partial charge in [0.25, 0.3) is 0 Å². The SMILES string of the molecule is CCCCCCC1(CCCCCC)c2cc3ccc2-c2ccc(cc21)-c1ccc2c(c1)C(CCCCCC)(CCCCCC)c1cc(ccc1-2)-c1ccc2c(c1)C(CCCCCC)(CCCCCC)c1cc(ccc1-2)C(=O)OCCCCCCOC3=O. The van der Waals surface area contributed by atoms with Crippen molar-refractivity contribution in [1.82, 2.24) is 0 Å². The summed E-state index contributed by atoms with van der Waals surface area (Å²) < 4.78 is 12.2. The van der Waals surface area contributed by atoms with E-state index < -0.39 is 0 Å². The highest BCUT2D eigenvalue weighted by molar-refractivity contribution is 5.95. The van der Waals surface area contributed by atoms with Gasteiger partial charge in [-0.25, -0.2) is 9.59 Å². The minimum atomic E-state index is -0.229. The molecule has 6 aromatic carbocycles. The number of fused-ring (bicyclic) bond motifs is 11. The van der Waals surface area contributed by atoms with Crippen molar-refractivity contribution >= 4 is 11.9 Å². The molecular formula is C83H108O4. The first-order valence-electron chi connectivity index (χ1n) is 35.9. The Kier molecular flexibility index (Phi) is 22.6. The smallest absolute Gasteiger partial charge is 0.338 e. The van der Waals surface area contributed by atoms with Crippen LogP contribution < -0.4 is 0 Å². The fourth-order valence-corrected chi connectivity index (χ4v) is 16.6. The molecule has 3 aliphatic carbocycles. The van der Waals surface area contributed by atoms with Crippen molar-refractivity contribution in [1.29, 1.82) is 0 Å². The van der Waals surface area contributed by atoms with E-state index in [0.29, 0.717) is 24.3 Å². The van der Waals surface area contributed by atoms with E-state index in [9.17, 15) is 9.59 Å². The summed E-state index contributed by atoms with van der Waals surface area (Å²) in [6, 6.07) is 43.3. The number of ether oxygens (including phenoxy) is 2. The maximum absolute atomic E-state index is 14.2. The first-order chi connectivity index (χ1) is 42.7. The minimum Gasteiger partial charge on any atom is -0.462 e. The van der Waals surface area contributed by atoms with E-state index in [2.05, 4.69) is 139 Å². The van der Waals surface area contributed by atoms with Gasteiger partial charge in [0.15, 0.2) is 0 Å². The molecule has 0 fully saturated rings. The molecule has 0 amide bonds. The van der Waals surface area contributed by atoms with E-state index >= 15 is 0 Å². The van der Waals surface area contributed by atoms with Gasteiger partial charge < -0.3 is 9.47 Å². The monoisotopic (exact) mass is 1170 g/mol. The van der Waals surface area contributed by atoms with Crippen LogP contribution in [0.25, 0.3) is 55.6 Å². The van der Waals surface area contributed by atoms with Gasteiger partial charge >= 0.3 is 11.9 Å². The Bertz CT molecular complexity index is 3020. The zero-order valence-electron chi connectivity index (χ0n) is 55.0. The predicted octanol–water partition coefficient (Wildman–Crippen LogP) is 24.5. The topological polar surface area (TPSA) is 52.6 Å². The fourth-order valence-electron chi connectivity index (χ4n) is 16.6. The van der Waals surface area contributed by atoms with Crippen molar-refractivity contribution in [3.63, 3.8) is 0 Å². The maximum Gasteiger partial charge on any atom is 0.338 e. The number of hydrogen-bond acceptors (Lipinski definition) is 4. The highest BCUT2D eigenvalue weighted by atomic mass is 16.5. The van der Waals surface area contributed by atoms with Gasteiger partial charge in [-0.3, -0.25) is 0 Å². The first-order valence-corrected chi connectivity index (χ1v) is 35.9. The number of cyclic esters (lactones) is 2. The number of hydrogen-bond donors (Lipinski definition) is 0. The van der Waals surface area contributed by atoms with Gasteiger partial charge in [0.05, 0.1) is 24.3 Å². The van der Waals surface area contributed by atoms with Crippen molar-refractivity contribution in [2.75, 3.05) is 13.2 Å². The third kappa shape index (κ3) is 13.7. The largest absolute Gasteiger partial charge is 0.462 e. The van der Waals surface area contributed by atoms with E-state index in [4.69, 9.17) is 9.47 Å². The standard InChI is InChI=1S/C83H108O4/c1-7-13-19-27-47-81(48-28-20-14-8-2)73-55-61-35-41-67(73)68-42-36-62(56-74(68)81)64-38-44-70-72-46-40-66(60-78(72)83(76(70)58-64,51-31-23-17-11-5)52-32-24-18-12-6)80(85)87-54-34-26-25-33-53-86-79(84)65-39-45-71-69-43-37-63(61)57-75(69)82(77(71)59-65,49-29-21-15-9-3)50-30-22-16-10-4/h35-46,55-60H,7-34,47-54H2,1-6H3. The van der Waals surface area contributed by atoms with Crippen LogP contribution in [0.5, 0.6) is 0 Å². The predicted molar refractivity (Wildman–Crippen MR) is 368 cm³/mol. The summed E-state index contributed by atoms with van der Waals surface area (Å²) >= 11 is 0. The average molecular weight is 1170 g/mol. The Hall–Kier alpha value is -5.74. The Labute approximate surface area is 526 Å².